The van der Waals surface area contributed by atoms with Gasteiger partial charge in [-0.15, -0.1) is 0 Å². The third-order valence-corrected chi connectivity index (χ3v) is 7.47. The van der Waals surface area contributed by atoms with Gasteiger partial charge in [-0.05, 0) is 120 Å². The molecule has 34 heavy (non-hydrogen) atoms. The minimum Gasteiger partial charge on any atom is -0.494 e. The van der Waals surface area contributed by atoms with Crippen LogP contribution in [0.2, 0.25) is 0 Å². The van der Waals surface area contributed by atoms with Crippen molar-refractivity contribution in [2.75, 3.05) is 45.9 Å². The summed E-state index contributed by atoms with van der Waals surface area (Å²) in [5.41, 5.74) is 1.18. The van der Waals surface area contributed by atoms with Gasteiger partial charge in [0.2, 0.25) is 0 Å². The first-order valence-electron chi connectivity index (χ1n) is 13.7. The lowest BCUT2D eigenvalue weighted by Crippen LogP contribution is -2.35. The highest BCUT2D eigenvalue weighted by atomic mass is 16.5. The molecule has 2 saturated heterocycles. The zero-order valence-electron chi connectivity index (χ0n) is 21.0. The third-order valence-electron chi connectivity index (χ3n) is 7.47. The molecule has 4 heteroatoms. The smallest absolute Gasteiger partial charge is 0.120 e. The highest BCUT2D eigenvalue weighted by molar-refractivity contribution is 5.31. The second kappa shape index (κ2) is 14.4. The molecule has 186 valence electrons. The topological polar surface area (TPSA) is 24.9 Å². The zero-order chi connectivity index (χ0) is 23.3. The molecule has 2 aromatic rings. The maximum absolute atomic E-state index is 6.02. The lowest BCUT2D eigenvalue weighted by Gasteiger charge is -2.32. The number of hydrogen-bond acceptors (Lipinski definition) is 4. The zero-order valence-corrected chi connectivity index (χ0v) is 21.0. The van der Waals surface area contributed by atoms with Crippen LogP contribution in [-0.4, -0.2) is 55.7 Å². The van der Waals surface area contributed by atoms with E-state index in [1.54, 1.807) is 0 Å². The Hall–Kier alpha value is -2.04. The monoisotopic (exact) mass is 464 g/mol. The molecule has 2 heterocycles. The van der Waals surface area contributed by atoms with Gasteiger partial charge in [0, 0.05) is 0 Å². The lowest BCUT2D eigenvalue weighted by molar-refractivity contribution is 0.160. The fourth-order valence-corrected chi connectivity index (χ4v) is 5.25. The van der Waals surface area contributed by atoms with E-state index >= 15 is 0 Å². The van der Waals surface area contributed by atoms with Crippen LogP contribution in [0, 0.1) is 5.92 Å². The lowest BCUT2D eigenvalue weighted by atomic mass is 9.94. The predicted octanol–water partition coefficient (Wildman–Crippen LogP) is 6.40. The number of likely N-dealkylation sites (tertiary alicyclic amines) is 2. The van der Waals surface area contributed by atoms with E-state index in [0.29, 0.717) is 6.61 Å². The quantitative estimate of drug-likeness (QED) is 0.320. The molecule has 0 N–H and O–H groups in total. The van der Waals surface area contributed by atoms with E-state index in [-0.39, 0.29) is 0 Å². The number of rotatable bonds is 13. The molecule has 0 aromatic heterocycles. The van der Waals surface area contributed by atoms with Gasteiger partial charge in [-0.25, -0.2) is 0 Å². The standard InChI is InChI=1S/C30H44N2O2/c1-4-10-28(11-5-1)26-34-30-14-12-29(13-15-30)33-25-18-27-16-23-32(24-17-27)22-9-3-8-21-31-19-6-2-7-20-31/h1,4-5,10-15,27H,2-3,6-9,16-26H2. The van der Waals surface area contributed by atoms with Crippen molar-refractivity contribution >= 4 is 0 Å². The van der Waals surface area contributed by atoms with Crippen LogP contribution in [0.3, 0.4) is 0 Å². The van der Waals surface area contributed by atoms with E-state index in [1.165, 1.54) is 96.2 Å². The molecule has 2 aromatic carbocycles. The van der Waals surface area contributed by atoms with Gasteiger partial charge in [0.15, 0.2) is 0 Å². The molecule has 0 unspecified atom stereocenters. The largest absolute Gasteiger partial charge is 0.494 e. The SMILES string of the molecule is c1ccc(COc2ccc(OCCC3CCN(CCCCCN4CCCCC4)CC3)cc2)cc1. The normalized spacial score (nSPS) is 18.1. The van der Waals surface area contributed by atoms with Gasteiger partial charge in [0.05, 0.1) is 6.61 Å². The molecule has 0 radical (unpaired) electrons. The molecular weight excluding hydrogens is 420 g/mol. The summed E-state index contributed by atoms with van der Waals surface area (Å²) in [5.74, 6) is 2.63. The Morgan fingerprint density at radius 2 is 1.26 bits per heavy atom. The summed E-state index contributed by atoms with van der Waals surface area (Å²) in [6.07, 6.45) is 12.2. The average molecular weight is 465 g/mol. The van der Waals surface area contributed by atoms with Crippen LogP contribution in [0.4, 0.5) is 0 Å². The van der Waals surface area contributed by atoms with Crippen LogP contribution in [0.5, 0.6) is 11.5 Å². The molecule has 2 fully saturated rings. The summed E-state index contributed by atoms with van der Waals surface area (Å²) < 4.78 is 11.9. The fourth-order valence-electron chi connectivity index (χ4n) is 5.25. The van der Waals surface area contributed by atoms with Gasteiger partial charge in [-0.2, -0.15) is 0 Å². The van der Waals surface area contributed by atoms with E-state index in [9.17, 15) is 0 Å². The molecule has 2 aliphatic heterocycles. The Morgan fingerprint density at radius 1 is 0.647 bits per heavy atom. The Labute approximate surface area is 207 Å². The minimum absolute atomic E-state index is 0.596. The van der Waals surface area contributed by atoms with E-state index in [2.05, 4.69) is 21.9 Å². The van der Waals surface area contributed by atoms with E-state index in [1.807, 2.05) is 42.5 Å². The van der Waals surface area contributed by atoms with Gasteiger partial charge in [-0.1, -0.05) is 43.2 Å². The number of nitrogens with zero attached hydrogens (tertiary/aromatic N) is 2. The van der Waals surface area contributed by atoms with Gasteiger partial charge in [-0.3, -0.25) is 0 Å². The van der Waals surface area contributed by atoms with E-state index in [4.69, 9.17) is 9.47 Å². The van der Waals surface area contributed by atoms with Gasteiger partial charge >= 0.3 is 0 Å². The average Bonchev–Trinajstić information content (AvgIpc) is 2.90. The second-order valence-corrected chi connectivity index (χ2v) is 10.1. The Morgan fingerprint density at radius 3 is 1.94 bits per heavy atom. The number of ether oxygens (including phenoxy) is 2. The molecule has 0 spiro atoms. The first-order chi connectivity index (χ1) is 16.8. The van der Waals surface area contributed by atoms with Crippen LogP contribution in [0.15, 0.2) is 54.6 Å². The van der Waals surface area contributed by atoms with E-state index < -0.39 is 0 Å². The van der Waals surface area contributed by atoms with Gasteiger partial charge < -0.3 is 19.3 Å². The van der Waals surface area contributed by atoms with Gasteiger partial charge in [0.25, 0.3) is 0 Å². The van der Waals surface area contributed by atoms with Crippen LogP contribution in [-0.2, 0) is 6.61 Å². The van der Waals surface area contributed by atoms with Crippen LogP contribution >= 0.6 is 0 Å². The minimum atomic E-state index is 0.596. The Kier molecular flexibility index (Phi) is 10.6. The summed E-state index contributed by atoms with van der Waals surface area (Å²) in [6.45, 7) is 9.24. The number of benzene rings is 2. The molecule has 0 aliphatic carbocycles. The van der Waals surface area contributed by atoms with Crippen LogP contribution in [0.25, 0.3) is 0 Å². The van der Waals surface area contributed by atoms with Gasteiger partial charge in [0.1, 0.15) is 18.1 Å². The third kappa shape index (κ3) is 8.96. The van der Waals surface area contributed by atoms with Crippen molar-refractivity contribution in [2.45, 2.75) is 64.4 Å². The molecule has 0 amide bonds. The van der Waals surface area contributed by atoms with Crippen molar-refractivity contribution in [3.63, 3.8) is 0 Å². The summed E-state index contributed by atoms with van der Waals surface area (Å²) in [7, 11) is 0. The van der Waals surface area contributed by atoms with Crippen molar-refractivity contribution in [2.24, 2.45) is 5.92 Å². The maximum atomic E-state index is 6.02. The summed E-state index contributed by atoms with van der Waals surface area (Å²) in [6, 6.07) is 18.3. The summed E-state index contributed by atoms with van der Waals surface area (Å²) in [4.78, 5) is 5.36. The highest BCUT2D eigenvalue weighted by Gasteiger charge is 2.19. The molecule has 0 atom stereocenters. The van der Waals surface area contributed by atoms with Crippen LogP contribution < -0.4 is 9.47 Å². The first-order valence-corrected chi connectivity index (χ1v) is 13.7. The Balaban J connectivity index is 1.02. The number of piperidine rings is 2. The highest BCUT2D eigenvalue weighted by Crippen LogP contribution is 2.23. The van der Waals surface area contributed by atoms with Crippen molar-refractivity contribution in [3.8, 4) is 11.5 Å². The van der Waals surface area contributed by atoms with E-state index in [0.717, 1.165) is 30.4 Å². The first kappa shape index (κ1) is 25.1. The van der Waals surface area contributed by atoms with Crippen molar-refractivity contribution in [3.05, 3.63) is 60.2 Å². The summed E-state index contributed by atoms with van der Waals surface area (Å²) in [5, 5.41) is 0. The van der Waals surface area contributed by atoms with Crippen molar-refractivity contribution in [1.82, 2.24) is 9.80 Å². The maximum Gasteiger partial charge on any atom is 0.120 e. The molecule has 0 bridgehead atoms. The predicted molar refractivity (Wildman–Crippen MR) is 141 cm³/mol. The molecular formula is C30H44N2O2. The Bertz CT molecular complexity index is 781. The van der Waals surface area contributed by atoms with Crippen molar-refractivity contribution in [1.29, 1.82) is 0 Å². The molecule has 0 saturated carbocycles. The fraction of sp³-hybridized carbons (Fsp3) is 0.600. The summed E-state index contributed by atoms with van der Waals surface area (Å²) >= 11 is 0. The number of unbranched alkanes of at least 4 members (excludes halogenated alkanes) is 2. The van der Waals surface area contributed by atoms with Crippen LogP contribution in [0.1, 0.15) is 63.4 Å². The molecule has 4 rings (SSSR count). The van der Waals surface area contributed by atoms with Crippen molar-refractivity contribution < 1.29 is 9.47 Å². The second-order valence-electron chi connectivity index (χ2n) is 10.1. The molecule has 4 nitrogen and oxygen atoms in total. The molecule has 2 aliphatic rings. The number of hydrogen-bond donors (Lipinski definition) is 0.